The highest BCUT2D eigenvalue weighted by molar-refractivity contribution is 7.46. The minimum absolute atomic E-state index is 3.10. The molecule has 0 amide bonds. The van der Waals surface area contributed by atoms with Crippen LogP contribution in [0.3, 0.4) is 0 Å². The van der Waals surface area contributed by atoms with Crippen LogP contribution >= 0.6 is 7.82 Å². The second kappa shape index (κ2) is 1.68. The average molecular weight is 113 g/mol. The lowest BCUT2D eigenvalue weighted by Crippen LogP contribution is -1.93. The van der Waals surface area contributed by atoms with Crippen molar-refractivity contribution in [3.8, 4) is 0 Å². The molecule has 0 aliphatic carbocycles. The summed E-state index contributed by atoms with van der Waals surface area (Å²) in [6, 6.07) is 0. The van der Waals surface area contributed by atoms with Crippen molar-refractivity contribution in [3.05, 3.63) is 0 Å². The lowest BCUT2D eigenvalue weighted by molar-refractivity contribution is 0.201. The summed E-state index contributed by atoms with van der Waals surface area (Å²) in [5, 5.41) is 0. The van der Waals surface area contributed by atoms with E-state index in [4.69, 9.17) is 9.79 Å². The predicted molar refractivity (Wildman–Crippen MR) is 17.3 cm³/mol. The van der Waals surface area contributed by atoms with Gasteiger partial charge in [-0.1, -0.05) is 0 Å². The van der Waals surface area contributed by atoms with Crippen LogP contribution in [0.25, 0.3) is 0 Å². The maximum atomic E-state index is 9.35. The molecule has 0 heterocycles. The average Bonchev–Trinajstić information content (AvgIpc) is 1.35. The van der Waals surface area contributed by atoms with Gasteiger partial charge in [-0.2, -0.15) is 0 Å². The first kappa shape index (κ1) is 6.07. The monoisotopic (exact) mass is 113 g/mol. The molecule has 0 unspecified atom stereocenters. The third-order valence-corrected chi connectivity index (χ3v) is 0.412. The first-order chi connectivity index (χ1) is 2.56. The summed E-state index contributed by atoms with van der Waals surface area (Å²) in [7, 11) is -4.37. The maximum Gasteiger partial charge on any atom is 0.485 e. The van der Waals surface area contributed by atoms with Gasteiger partial charge in [-0.25, -0.2) is 15.1 Å². The van der Waals surface area contributed by atoms with E-state index in [1.807, 2.05) is 0 Å². The molecule has 38 valence electrons. The fraction of sp³-hybridized carbons (Fsp3) is 0. The summed E-state index contributed by atoms with van der Waals surface area (Å²) in [5.74, 6) is 4.04. The molecule has 0 aromatic heterocycles. The van der Waals surface area contributed by atoms with Gasteiger partial charge in [0.25, 0.3) is 0 Å². The van der Waals surface area contributed by atoms with Crippen molar-refractivity contribution in [2.24, 2.45) is 5.90 Å². The third-order valence-electron chi connectivity index (χ3n) is 0.137. The third kappa shape index (κ3) is 4.07. The second-order valence-electron chi connectivity index (χ2n) is 0.596. The Bertz CT molecular complexity index is 71.6. The number of nitrogens with two attached hydrogens (primary N) is 1. The summed E-state index contributed by atoms with van der Waals surface area (Å²) in [6.07, 6.45) is 0. The molecule has 0 spiro atoms. The van der Waals surface area contributed by atoms with E-state index in [0.29, 0.717) is 0 Å². The van der Waals surface area contributed by atoms with Crippen LogP contribution in [0, 0.1) is 0 Å². The van der Waals surface area contributed by atoms with E-state index in [2.05, 4.69) is 10.5 Å². The van der Waals surface area contributed by atoms with E-state index in [0.717, 1.165) is 0 Å². The van der Waals surface area contributed by atoms with E-state index >= 15 is 0 Å². The largest absolute Gasteiger partial charge is 0.485 e. The molecule has 0 aliphatic heterocycles. The minimum Gasteiger partial charge on any atom is -0.302 e. The van der Waals surface area contributed by atoms with Gasteiger partial charge < -0.3 is 9.79 Å². The summed E-state index contributed by atoms with van der Waals surface area (Å²) in [5.41, 5.74) is 0. The molecule has 0 bridgehead atoms. The zero-order valence-corrected chi connectivity index (χ0v) is 3.63. The van der Waals surface area contributed by atoms with E-state index in [-0.39, 0.29) is 0 Å². The first-order valence-corrected chi connectivity index (χ1v) is 2.53. The van der Waals surface area contributed by atoms with Crippen LogP contribution in [0.5, 0.6) is 0 Å². The maximum absolute atomic E-state index is 9.35. The van der Waals surface area contributed by atoms with Gasteiger partial charge in [-0.3, -0.25) is 0 Å². The van der Waals surface area contributed by atoms with Gasteiger partial charge in [0.15, 0.2) is 0 Å². The standard InChI is InChI=1S/H4NO4P/c1-5-6(2,3)4/h1H2,(H2,2,3,4). The highest BCUT2D eigenvalue weighted by Gasteiger charge is 2.08. The molecule has 5 nitrogen and oxygen atoms in total. The van der Waals surface area contributed by atoms with Gasteiger partial charge in [0.1, 0.15) is 0 Å². The number of phosphoric acid groups is 1. The summed E-state index contributed by atoms with van der Waals surface area (Å²) < 4.78 is 12.5. The molecule has 0 radical (unpaired) electrons. The lowest BCUT2D eigenvalue weighted by Gasteiger charge is -1.92. The number of hydrogen-bond acceptors (Lipinski definition) is 3. The molecule has 4 N–H and O–H groups in total. The van der Waals surface area contributed by atoms with Gasteiger partial charge in [0, 0.05) is 0 Å². The molecular formula is H4NO4P. The van der Waals surface area contributed by atoms with Gasteiger partial charge >= 0.3 is 7.82 Å². The Balaban J connectivity index is 3.48. The van der Waals surface area contributed by atoms with Crippen LogP contribution in [0.4, 0.5) is 0 Å². The molecule has 0 rings (SSSR count). The van der Waals surface area contributed by atoms with Crippen molar-refractivity contribution in [1.82, 2.24) is 0 Å². The second-order valence-corrected chi connectivity index (χ2v) is 1.79. The molecule has 0 aromatic carbocycles. The Morgan fingerprint density at radius 1 is 1.67 bits per heavy atom. The van der Waals surface area contributed by atoms with Crippen molar-refractivity contribution < 1.29 is 19.0 Å². The van der Waals surface area contributed by atoms with E-state index in [9.17, 15) is 4.57 Å². The van der Waals surface area contributed by atoms with Gasteiger partial charge in [0.05, 0.1) is 0 Å². The van der Waals surface area contributed by atoms with Crippen LogP contribution in [0.2, 0.25) is 0 Å². The molecule has 0 saturated carbocycles. The molecule has 0 atom stereocenters. The number of hydrogen-bond donors (Lipinski definition) is 3. The SMILES string of the molecule is NOP(=O)(O)O. The summed E-state index contributed by atoms with van der Waals surface area (Å²) in [6.45, 7) is 0. The van der Waals surface area contributed by atoms with Crippen molar-refractivity contribution in [2.45, 2.75) is 0 Å². The van der Waals surface area contributed by atoms with Crippen molar-refractivity contribution >= 4 is 7.82 Å². The van der Waals surface area contributed by atoms with Crippen molar-refractivity contribution in [3.63, 3.8) is 0 Å². The molecule has 0 fully saturated rings. The van der Waals surface area contributed by atoms with Gasteiger partial charge in [-0.05, 0) is 0 Å². The Kier molecular flexibility index (Phi) is 1.70. The topological polar surface area (TPSA) is 92.8 Å². The molecule has 0 saturated heterocycles. The van der Waals surface area contributed by atoms with Crippen LogP contribution in [-0.4, -0.2) is 9.79 Å². The lowest BCUT2D eigenvalue weighted by atomic mass is 13.6. The molecule has 0 aliphatic rings. The van der Waals surface area contributed by atoms with Crippen molar-refractivity contribution in [1.29, 1.82) is 0 Å². The fourth-order valence-corrected chi connectivity index (χ4v) is 0. The quantitative estimate of drug-likeness (QED) is 0.298. The van der Waals surface area contributed by atoms with Crippen LogP contribution in [0.15, 0.2) is 0 Å². The predicted octanol–water partition coefficient (Wildman–Crippen LogP) is -1.03. The molecule has 0 aromatic rings. The smallest absolute Gasteiger partial charge is 0.302 e. The van der Waals surface area contributed by atoms with E-state index < -0.39 is 7.82 Å². The van der Waals surface area contributed by atoms with Crippen LogP contribution in [0.1, 0.15) is 0 Å². The Hall–Kier alpha value is 0.0700. The minimum atomic E-state index is -4.37. The first-order valence-electron chi connectivity index (χ1n) is 1.00. The normalized spacial score (nSPS) is 11.8. The van der Waals surface area contributed by atoms with Gasteiger partial charge in [-0.15, -0.1) is 0 Å². The Labute approximate surface area is 33.9 Å². The highest BCUT2D eigenvalue weighted by Crippen LogP contribution is 2.32. The zero-order chi connectivity index (χ0) is 5.21. The Morgan fingerprint density at radius 3 is 1.83 bits per heavy atom. The van der Waals surface area contributed by atoms with E-state index in [1.54, 1.807) is 0 Å². The van der Waals surface area contributed by atoms with Gasteiger partial charge in [0.2, 0.25) is 0 Å². The number of rotatable bonds is 1. The summed E-state index contributed by atoms with van der Waals surface area (Å²) >= 11 is 0. The van der Waals surface area contributed by atoms with Crippen molar-refractivity contribution in [2.75, 3.05) is 0 Å². The molecule has 6 heteroatoms. The fourth-order valence-electron chi connectivity index (χ4n) is 0. The highest BCUT2D eigenvalue weighted by atomic mass is 31.2. The van der Waals surface area contributed by atoms with Crippen LogP contribution < -0.4 is 5.90 Å². The van der Waals surface area contributed by atoms with Crippen LogP contribution in [-0.2, 0) is 9.19 Å². The molecule has 6 heavy (non-hydrogen) atoms. The summed E-state index contributed by atoms with van der Waals surface area (Å²) in [4.78, 5) is 15.2. The Morgan fingerprint density at radius 2 is 1.83 bits per heavy atom. The van der Waals surface area contributed by atoms with E-state index in [1.165, 1.54) is 0 Å². The molecular weight excluding hydrogens is 109 g/mol. The zero-order valence-electron chi connectivity index (χ0n) is 2.74.